The first-order chi connectivity index (χ1) is 9.87. The van der Waals surface area contributed by atoms with Crippen LogP contribution in [0.3, 0.4) is 0 Å². The number of ether oxygens (including phenoxy) is 2. The Hall–Kier alpha value is -1.38. The third-order valence-corrected chi connectivity index (χ3v) is 3.68. The lowest BCUT2D eigenvalue weighted by molar-refractivity contribution is -0.386. The van der Waals surface area contributed by atoms with E-state index in [1.54, 1.807) is 6.07 Å². The highest BCUT2D eigenvalue weighted by atomic mass is 127. The molecule has 1 aromatic carbocycles. The van der Waals surface area contributed by atoms with Gasteiger partial charge in [-0.3, -0.25) is 10.1 Å². The van der Waals surface area contributed by atoms with E-state index >= 15 is 0 Å². The van der Waals surface area contributed by atoms with Crippen LogP contribution in [0, 0.1) is 10.1 Å². The fraction of sp³-hybridized carbons (Fsp3) is 0.533. The van der Waals surface area contributed by atoms with Gasteiger partial charge >= 0.3 is 6.16 Å². The SMILES string of the molecule is COC(=O)Oc1cc([N+](=O)[O-])c(C(C)(C)C)cc1C(C)(C)I. The standard InChI is InChI=1S/C15H20INO5/c1-14(2,3)9-7-10(15(4,5)16)12(22-13(18)21-6)8-11(9)17(19)20/h7-8H,1-6H3. The molecule has 0 aliphatic carbocycles. The maximum absolute atomic E-state index is 11.4. The van der Waals surface area contributed by atoms with Crippen molar-refractivity contribution < 1.29 is 19.2 Å². The minimum Gasteiger partial charge on any atom is -0.437 e. The van der Waals surface area contributed by atoms with Gasteiger partial charge in [-0.1, -0.05) is 43.4 Å². The molecule has 0 fully saturated rings. The Balaban J connectivity index is 3.66. The maximum Gasteiger partial charge on any atom is 0.513 e. The fourth-order valence-corrected chi connectivity index (χ4v) is 2.42. The number of nitro benzene ring substituents is 1. The molecular formula is C15H20INO5. The Morgan fingerprint density at radius 3 is 2.09 bits per heavy atom. The molecule has 0 bridgehead atoms. The van der Waals surface area contributed by atoms with E-state index in [1.165, 1.54) is 13.2 Å². The Morgan fingerprint density at radius 2 is 1.73 bits per heavy atom. The van der Waals surface area contributed by atoms with Crippen LogP contribution in [0.25, 0.3) is 0 Å². The zero-order valence-electron chi connectivity index (χ0n) is 13.5. The molecule has 0 spiro atoms. The summed E-state index contributed by atoms with van der Waals surface area (Å²) < 4.78 is 9.22. The van der Waals surface area contributed by atoms with Crippen LogP contribution >= 0.6 is 22.6 Å². The van der Waals surface area contributed by atoms with Gasteiger partial charge in [-0.15, -0.1) is 0 Å². The predicted octanol–water partition coefficient (Wildman–Crippen LogP) is 4.71. The van der Waals surface area contributed by atoms with Gasteiger partial charge < -0.3 is 9.47 Å². The van der Waals surface area contributed by atoms with Gasteiger partial charge in [0.1, 0.15) is 5.75 Å². The normalized spacial score (nSPS) is 12.0. The molecule has 0 aliphatic rings. The molecular weight excluding hydrogens is 401 g/mol. The number of carbonyl (C=O) groups is 1. The van der Waals surface area contributed by atoms with E-state index in [4.69, 9.17) is 4.74 Å². The monoisotopic (exact) mass is 421 g/mol. The predicted molar refractivity (Wildman–Crippen MR) is 91.9 cm³/mol. The van der Waals surface area contributed by atoms with Crippen molar-refractivity contribution in [1.82, 2.24) is 0 Å². The van der Waals surface area contributed by atoms with Crippen LogP contribution in [0.15, 0.2) is 12.1 Å². The smallest absolute Gasteiger partial charge is 0.437 e. The van der Waals surface area contributed by atoms with Crippen molar-refractivity contribution in [2.24, 2.45) is 0 Å². The van der Waals surface area contributed by atoms with Crippen LogP contribution in [0.2, 0.25) is 0 Å². The van der Waals surface area contributed by atoms with Gasteiger partial charge in [0.25, 0.3) is 5.69 Å². The average Bonchev–Trinajstić information content (AvgIpc) is 2.35. The highest BCUT2D eigenvalue weighted by molar-refractivity contribution is 14.1. The molecule has 0 radical (unpaired) electrons. The minimum atomic E-state index is -0.903. The molecule has 0 amide bonds. The highest BCUT2D eigenvalue weighted by Gasteiger charge is 2.32. The van der Waals surface area contributed by atoms with E-state index in [0.29, 0.717) is 11.1 Å². The van der Waals surface area contributed by atoms with Crippen molar-refractivity contribution >= 4 is 34.4 Å². The fourth-order valence-electron chi connectivity index (χ4n) is 2.00. The van der Waals surface area contributed by atoms with E-state index in [1.807, 2.05) is 34.6 Å². The lowest BCUT2D eigenvalue weighted by Gasteiger charge is -2.25. The topological polar surface area (TPSA) is 78.7 Å². The molecule has 0 saturated carbocycles. The van der Waals surface area contributed by atoms with E-state index in [-0.39, 0.29) is 14.9 Å². The number of hydrogen-bond donors (Lipinski definition) is 0. The zero-order chi connectivity index (χ0) is 17.3. The van der Waals surface area contributed by atoms with Gasteiger partial charge in [-0.25, -0.2) is 4.79 Å². The molecule has 0 heterocycles. The third-order valence-electron chi connectivity index (χ3n) is 3.10. The molecule has 0 saturated heterocycles. The number of nitrogens with zero attached hydrogens (tertiary/aromatic N) is 1. The molecule has 0 atom stereocenters. The van der Waals surface area contributed by atoms with E-state index in [2.05, 4.69) is 27.3 Å². The Morgan fingerprint density at radius 1 is 1.18 bits per heavy atom. The number of benzene rings is 1. The Labute approximate surface area is 143 Å². The maximum atomic E-state index is 11.4. The van der Waals surface area contributed by atoms with Crippen molar-refractivity contribution in [1.29, 1.82) is 0 Å². The van der Waals surface area contributed by atoms with Gasteiger partial charge in [0, 0.05) is 14.5 Å². The molecule has 1 aromatic rings. The number of nitro groups is 1. The summed E-state index contributed by atoms with van der Waals surface area (Å²) >= 11 is 2.20. The molecule has 0 aliphatic heterocycles. The van der Waals surface area contributed by atoms with Crippen LogP contribution in [-0.2, 0) is 13.6 Å². The van der Waals surface area contributed by atoms with E-state index < -0.39 is 16.5 Å². The van der Waals surface area contributed by atoms with Crippen molar-refractivity contribution in [3.8, 4) is 5.75 Å². The summed E-state index contributed by atoms with van der Waals surface area (Å²) in [5, 5.41) is 11.4. The van der Waals surface area contributed by atoms with Crippen LogP contribution in [0.5, 0.6) is 5.75 Å². The quantitative estimate of drug-likeness (QED) is 0.176. The highest BCUT2D eigenvalue weighted by Crippen LogP contribution is 2.43. The summed E-state index contributed by atoms with van der Waals surface area (Å²) in [5.41, 5.74) is 0.808. The van der Waals surface area contributed by atoms with Gasteiger partial charge in [-0.05, 0) is 25.3 Å². The lowest BCUT2D eigenvalue weighted by atomic mass is 9.83. The minimum absolute atomic E-state index is 0.0733. The van der Waals surface area contributed by atoms with Gasteiger partial charge in [0.2, 0.25) is 0 Å². The molecule has 122 valence electrons. The molecule has 22 heavy (non-hydrogen) atoms. The summed E-state index contributed by atoms with van der Waals surface area (Å²) in [4.78, 5) is 22.3. The van der Waals surface area contributed by atoms with Crippen molar-refractivity contribution in [3.63, 3.8) is 0 Å². The molecule has 0 aromatic heterocycles. The van der Waals surface area contributed by atoms with Crippen LogP contribution in [0.4, 0.5) is 10.5 Å². The van der Waals surface area contributed by atoms with Gasteiger partial charge in [0.05, 0.1) is 18.1 Å². The van der Waals surface area contributed by atoms with Gasteiger partial charge in [0.15, 0.2) is 0 Å². The largest absolute Gasteiger partial charge is 0.513 e. The third kappa shape index (κ3) is 4.31. The molecule has 0 N–H and O–H groups in total. The number of halogens is 1. The van der Waals surface area contributed by atoms with E-state index in [9.17, 15) is 14.9 Å². The summed E-state index contributed by atoms with van der Waals surface area (Å²) in [6.07, 6.45) is -0.903. The van der Waals surface area contributed by atoms with E-state index in [0.717, 1.165) is 0 Å². The first-order valence-corrected chi connectivity index (χ1v) is 7.74. The number of alkyl halides is 1. The van der Waals surface area contributed by atoms with Crippen molar-refractivity contribution in [3.05, 3.63) is 33.4 Å². The molecule has 0 unspecified atom stereocenters. The Bertz CT molecular complexity index is 599. The average molecular weight is 421 g/mol. The van der Waals surface area contributed by atoms with Crippen LogP contribution < -0.4 is 4.74 Å². The first-order valence-electron chi connectivity index (χ1n) is 6.66. The molecule has 7 heteroatoms. The Kier molecular flexibility index (Phi) is 5.42. The second-order valence-corrected chi connectivity index (χ2v) is 9.10. The number of carbonyl (C=O) groups excluding carboxylic acids is 1. The molecule has 6 nitrogen and oxygen atoms in total. The summed E-state index contributed by atoms with van der Waals surface area (Å²) in [5.74, 6) is 0.144. The second-order valence-electron chi connectivity index (χ2n) is 6.40. The number of methoxy groups -OCH3 is 1. The van der Waals surface area contributed by atoms with Crippen molar-refractivity contribution in [2.45, 2.75) is 43.5 Å². The lowest BCUT2D eigenvalue weighted by Crippen LogP contribution is -2.19. The van der Waals surface area contributed by atoms with Crippen molar-refractivity contribution in [2.75, 3.05) is 7.11 Å². The summed E-state index contributed by atoms with van der Waals surface area (Å²) in [6, 6.07) is 3.04. The number of rotatable bonds is 3. The van der Waals surface area contributed by atoms with Crippen LogP contribution in [-0.4, -0.2) is 18.2 Å². The second kappa shape index (κ2) is 6.39. The molecule has 1 rings (SSSR count). The van der Waals surface area contributed by atoms with Gasteiger partial charge in [-0.2, -0.15) is 0 Å². The summed E-state index contributed by atoms with van der Waals surface area (Å²) in [7, 11) is 1.19. The van der Waals surface area contributed by atoms with Crippen LogP contribution in [0.1, 0.15) is 45.7 Å². The zero-order valence-corrected chi connectivity index (χ0v) is 15.7. The summed E-state index contributed by atoms with van der Waals surface area (Å²) in [6.45, 7) is 9.58. The first kappa shape index (κ1) is 18.7. The number of hydrogen-bond acceptors (Lipinski definition) is 5.